The average Bonchev–Trinajstić information content (AvgIpc) is 0.811. The van der Waals surface area contributed by atoms with Gasteiger partial charge in [0.15, 0.2) is 0 Å². The summed E-state index contributed by atoms with van der Waals surface area (Å²) in [6, 6.07) is 0. The molecule has 0 aromatic rings. The minimum absolute atomic E-state index is 0. The van der Waals surface area contributed by atoms with Gasteiger partial charge in [0.2, 0.25) is 0 Å². The molecule has 0 saturated carbocycles. The van der Waals surface area contributed by atoms with Gasteiger partial charge >= 0.3 is 0 Å². The molecule has 0 atom stereocenters. The molecule has 0 unspecified atom stereocenters. The van der Waals surface area contributed by atoms with Gasteiger partial charge in [0.05, 0.1) is 0 Å². The molecule has 2 nitrogen and oxygen atoms in total. The van der Waals surface area contributed by atoms with E-state index >= 15 is 0 Å². The Labute approximate surface area is 52.8 Å². The molecule has 0 aliphatic heterocycles. The van der Waals surface area contributed by atoms with Crippen molar-refractivity contribution in [3.63, 3.8) is 0 Å². The number of carboxylic acids is 1. The maximum absolute atomic E-state index is 9.00. The van der Waals surface area contributed by atoms with Crippen LogP contribution in [0, 0.1) is 0 Å². The third-order valence-corrected chi connectivity index (χ3v) is 0. The first-order valence-corrected chi connectivity index (χ1v) is 0.928. The zero-order valence-corrected chi connectivity index (χ0v) is 5.04. The molecule has 0 bridgehead atoms. The van der Waals surface area contributed by atoms with Crippen LogP contribution >= 0.6 is 12.4 Å². The standard InChI is InChI=1S/C2H4O2.ClH.Fe/c1-2(3)4;;/h1H3,(H,3,4);1H;. The van der Waals surface area contributed by atoms with Crippen molar-refractivity contribution in [2.75, 3.05) is 0 Å². The van der Waals surface area contributed by atoms with E-state index < -0.39 is 5.97 Å². The van der Waals surface area contributed by atoms with Crippen LogP contribution in [0.2, 0.25) is 0 Å². The largest absolute Gasteiger partial charge is 0.481 e. The van der Waals surface area contributed by atoms with Gasteiger partial charge in [-0.3, -0.25) is 4.79 Å². The fourth-order valence-electron chi connectivity index (χ4n) is 0. The molecule has 4 heteroatoms. The molecule has 0 saturated heterocycles. The molecule has 0 heterocycles. The van der Waals surface area contributed by atoms with E-state index in [0.717, 1.165) is 6.92 Å². The van der Waals surface area contributed by atoms with E-state index in [2.05, 4.69) is 0 Å². The smallest absolute Gasteiger partial charge is 0.300 e. The van der Waals surface area contributed by atoms with Crippen molar-refractivity contribution in [2.24, 2.45) is 0 Å². The van der Waals surface area contributed by atoms with Crippen molar-refractivity contribution in [2.45, 2.75) is 6.92 Å². The predicted molar refractivity (Wildman–Crippen MR) is 20.6 cm³/mol. The molecule has 40 valence electrons. The van der Waals surface area contributed by atoms with E-state index in [-0.39, 0.29) is 29.5 Å². The molecular formula is C2H5ClFeO2. The van der Waals surface area contributed by atoms with E-state index in [0.29, 0.717) is 0 Å². The Balaban J connectivity index is -0.0000000450. The average molecular weight is 152 g/mol. The monoisotopic (exact) mass is 152 g/mol. The molecule has 6 heavy (non-hydrogen) atoms. The van der Waals surface area contributed by atoms with Crippen molar-refractivity contribution in [3.8, 4) is 0 Å². The molecule has 0 rings (SSSR count). The number of hydrogen-bond acceptors (Lipinski definition) is 1. The van der Waals surface area contributed by atoms with Gasteiger partial charge in [0, 0.05) is 24.0 Å². The summed E-state index contributed by atoms with van der Waals surface area (Å²) in [7, 11) is 0. The maximum atomic E-state index is 9.00. The number of carbonyl (C=O) groups is 1. The van der Waals surface area contributed by atoms with Crippen molar-refractivity contribution < 1.29 is 27.0 Å². The van der Waals surface area contributed by atoms with Crippen molar-refractivity contribution >= 4 is 18.4 Å². The summed E-state index contributed by atoms with van der Waals surface area (Å²) >= 11 is 0. The van der Waals surface area contributed by atoms with Crippen LogP contribution < -0.4 is 0 Å². The molecule has 0 spiro atoms. The zero-order valence-electron chi connectivity index (χ0n) is 3.12. The van der Waals surface area contributed by atoms with Gasteiger partial charge in [-0.2, -0.15) is 0 Å². The minimum Gasteiger partial charge on any atom is -0.481 e. The predicted octanol–water partition coefficient (Wildman–Crippen LogP) is 0.510. The summed E-state index contributed by atoms with van der Waals surface area (Å²) in [6.45, 7) is 1.08. The Morgan fingerprint density at radius 1 is 1.67 bits per heavy atom. The van der Waals surface area contributed by atoms with Crippen LogP contribution in [-0.4, -0.2) is 11.1 Å². The van der Waals surface area contributed by atoms with Gasteiger partial charge in [-0.1, -0.05) is 0 Å². The molecule has 0 aliphatic carbocycles. The summed E-state index contributed by atoms with van der Waals surface area (Å²) in [5, 5.41) is 7.42. The van der Waals surface area contributed by atoms with Crippen LogP contribution in [-0.2, 0) is 21.9 Å². The fraction of sp³-hybridized carbons (Fsp3) is 0.500. The van der Waals surface area contributed by atoms with Crippen molar-refractivity contribution in [3.05, 3.63) is 0 Å². The van der Waals surface area contributed by atoms with E-state index in [1.807, 2.05) is 0 Å². The first-order chi connectivity index (χ1) is 1.73. The normalized spacial score (nSPS) is 4.17. The molecule has 0 aromatic heterocycles. The van der Waals surface area contributed by atoms with Gasteiger partial charge < -0.3 is 5.11 Å². The first-order valence-electron chi connectivity index (χ1n) is 0.928. The van der Waals surface area contributed by atoms with E-state index in [9.17, 15) is 0 Å². The van der Waals surface area contributed by atoms with E-state index in [4.69, 9.17) is 9.90 Å². The van der Waals surface area contributed by atoms with Gasteiger partial charge in [0.1, 0.15) is 0 Å². The topological polar surface area (TPSA) is 37.3 Å². The summed E-state index contributed by atoms with van der Waals surface area (Å²) in [5.41, 5.74) is 0. The SMILES string of the molecule is CC(=O)O.Cl.[Fe]. The van der Waals surface area contributed by atoms with E-state index in [1.54, 1.807) is 0 Å². The molecule has 1 N–H and O–H groups in total. The Morgan fingerprint density at radius 2 is 1.67 bits per heavy atom. The van der Waals surface area contributed by atoms with Crippen molar-refractivity contribution in [1.29, 1.82) is 0 Å². The Bertz CT molecular complexity index is 34.5. The van der Waals surface area contributed by atoms with Gasteiger partial charge in [-0.25, -0.2) is 0 Å². The van der Waals surface area contributed by atoms with Crippen molar-refractivity contribution in [1.82, 2.24) is 0 Å². The molecule has 0 amide bonds. The second-order valence-corrected chi connectivity index (χ2v) is 0.519. The Morgan fingerprint density at radius 3 is 1.67 bits per heavy atom. The van der Waals surface area contributed by atoms with Crippen LogP contribution in [0.4, 0.5) is 0 Å². The summed E-state index contributed by atoms with van der Waals surface area (Å²) in [4.78, 5) is 9.00. The summed E-state index contributed by atoms with van der Waals surface area (Å²) in [6.07, 6.45) is 0. The Hall–Kier alpha value is 0.279. The minimum atomic E-state index is -0.833. The number of hydrogen-bond donors (Lipinski definition) is 1. The molecule has 0 aliphatic rings. The number of halogens is 1. The summed E-state index contributed by atoms with van der Waals surface area (Å²) in [5.74, 6) is -0.833. The van der Waals surface area contributed by atoms with Crippen LogP contribution in [0.25, 0.3) is 0 Å². The van der Waals surface area contributed by atoms with Crippen LogP contribution in [0.1, 0.15) is 6.92 Å². The quantitative estimate of drug-likeness (QED) is 0.514. The van der Waals surface area contributed by atoms with Gasteiger partial charge in [-0.15, -0.1) is 12.4 Å². The van der Waals surface area contributed by atoms with E-state index in [1.165, 1.54) is 0 Å². The number of aliphatic carboxylic acids is 1. The molecular weight excluding hydrogens is 147 g/mol. The number of rotatable bonds is 0. The van der Waals surface area contributed by atoms with Gasteiger partial charge in [0.25, 0.3) is 5.97 Å². The number of carboxylic acid groups (broad SMARTS) is 1. The van der Waals surface area contributed by atoms with Gasteiger partial charge in [-0.05, 0) is 0 Å². The zero-order chi connectivity index (χ0) is 3.58. The summed E-state index contributed by atoms with van der Waals surface area (Å²) < 4.78 is 0. The third kappa shape index (κ3) is 589. The van der Waals surface area contributed by atoms with Crippen LogP contribution in [0.3, 0.4) is 0 Å². The van der Waals surface area contributed by atoms with Crippen LogP contribution in [0.5, 0.6) is 0 Å². The molecule has 0 radical (unpaired) electrons. The third-order valence-electron chi connectivity index (χ3n) is 0. The first kappa shape index (κ1) is 16.3. The fourth-order valence-corrected chi connectivity index (χ4v) is 0. The second kappa shape index (κ2) is 8.99. The van der Waals surface area contributed by atoms with Crippen LogP contribution in [0.15, 0.2) is 0 Å². The molecule has 0 aromatic carbocycles. The molecule has 0 fully saturated rings. The second-order valence-electron chi connectivity index (χ2n) is 0.519. The Kier molecular flexibility index (Phi) is 24.4. The maximum Gasteiger partial charge on any atom is 0.300 e.